The normalized spacial score (nSPS) is 18.1. The molecule has 3 aliphatic heterocycles. The lowest BCUT2D eigenvalue weighted by Gasteiger charge is -2.33. The Labute approximate surface area is 283 Å². The number of phenols is 1. The number of ether oxygens (including phenoxy) is 1. The number of hydrogen-bond acceptors (Lipinski definition) is 11. The molecule has 1 unspecified atom stereocenters. The second kappa shape index (κ2) is 14.4. The number of nitrogens with two attached hydrogens (primary N) is 1. The summed E-state index contributed by atoms with van der Waals surface area (Å²) in [6.07, 6.45) is 2.76. The molecular weight excluding hydrogens is 628 g/mol. The van der Waals surface area contributed by atoms with E-state index in [1.54, 1.807) is 30.3 Å². The van der Waals surface area contributed by atoms with Crippen LogP contribution < -0.4 is 16.0 Å². The molecule has 254 valence electrons. The molecule has 2 fully saturated rings. The number of phenolic OH excluding ortho intramolecular Hbond substituents is 1. The molecule has 0 spiro atoms. The van der Waals surface area contributed by atoms with Crippen LogP contribution in [0.4, 0.5) is 11.5 Å². The third-order valence-corrected chi connectivity index (χ3v) is 9.30. The number of Topliss-reactive ketones (excluding diaryl/α,β-unsaturated/α-hetero) is 2. The summed E-state index contributed by atoms with van der Waals surface area (Å²) in [6.45, 7) is 5.02. The number of carbonyl (C=O) groups excluding carboxylic acids is 5. The lowest BCUT2D eigenvalue weighted by molar-refractivity contribution is -0.126. The number of para-hydroxylation sites is 1. The van der Waals surface area contributed by atoms with Crippen LogP contribution in [0.25, 0.3) is 11.3 Å². The van der Waals surface area contributed by atoms with Gasteiger partial charge >= 0.3 is 0 Å². The van der Waals surface area contributed by atoms with Gasteiger partial charge in [0.1, 0.15) is 24.2 Å². The van der Waals surface area contributed by atoms with Crippen molar-refractivity contribution in [2.75, 3.05) is 36.9 Å². The largest absolute Gasteiger partial charge is 0.507 e. The molecule has 13 heteroatoms. The highest BCUT2D eigenvalue weighted by molar-refractivity contribution is 6.23. The van der Waals surface area contributed by atoms with Crippen LogP contribution >= 0.6 is 0 Å². The number of imide groups is 1. The number of nitrogen functional groups attached to an aromatic ring is 1. The number of benzene rings is 2. The number of anilines is 2. The Morgan fingerprint density at radius 3 is 2.51 bits per heavy atom. The van der Waals surface area contributed by atoms with Gasteiger partial charge in [0.15, 0.2) is 11.6 Å². The first-order chi connectivity index (χ1) is 23.6. The Morgan fingerprint density at radius 1 is 1.00 bits per heavy atom. The van der Waals surface area contributed by atoms with E-state index < -0.39 is 23.8 Å². The maximum Gasteiger partial charge on any atom is 0.262 e. The smallest absolute Gasteiger partial charge is 0.262 e. The summed E-state index contributed by atoms with van der Waals surface area (Å²) in [5.41, 5.74) is 9.21. The second-order valence-electron chi connectivity index (χ2n) is 12.6. The zero-order valence-corrected chi connectivity index (χ0v) is 27.0. The molecule has 1 atom stereocenters. The number of rotatable bonds is 12. The fourth-order valence-electron chi connectivity index (χ4n) is 6.72. The minimum absolute atomic E-state index is 0.0926. The van der Waals surface area contributed by atoms with Crippen LogP contribution in [0.2, 0.25) is 0 Å². The first-order valence-corrected chi connectivity index (χ1v) is 16.4. The van der Waals surface area contributed by atoms with Gasteiger partial charge in [-0.15, -0.1) is 10.2 Å². The number of piperidine rings is 2. The summed E-state index contributed by atoms with van der Waals surface area (Å²) in [7, 11) is 0. The molecule has 1 aromatic heterocycles. The number of fused-ring (bicyclic) bond motifs is 1. The third kappa shape index (κ3) is 7.07. The van der Waals surface area contributed by atoms with Crippen molar-refractivity contribution in [1.82, 2.24) is 20.4 Å². The summed E-state index contributed by atoms with van der Waals surface area (Å²) in [5, 5.41) is 21.1. The number of aromatic hydroxyl groups is 1. The topological polar surface area (TPSA) is 185 Å². The molecule has 2 aromatic carbocycles. The van der Waals surface area contributed by atoms with E-state index in [1.165, 1.54) is 6.07 Å². The van der Waals surface area contributed by atoms with E-state index in [-0.39, 0.29) is 59.8 Å². The number of ketones is 2. The lowest BCUT2D eigenvalue weighted by atomic mass is 9.90. The Morgan fingerprint density at radius 2 is 1.76 bits per heavy atom. The van der Waals surface area contributed by atoms with Gasteiger partial charge in [0, 0.05) is 49.7 Å². The minimum Gasteiger partial charge on any atom is -0.507 e. The van der Waals surface area contributed by atoms with Gasteiger partial charge in [0.2, 0.25) is 5.91 Å². The molecule has 0 bridgehead atoms. The van der Waals surface area contributed by atoms with Crippen molar-refractivity contribution in [2.24, 2.45) is 5.92 Å². The molecule has 0 radical (unpaired) electrons. The van der Waals surface area contributed by atoms with Crippen LogP contribution in [0.15, 0.2) is 60.8 Å². The van der Waals surface area contributed by atoms with Crippen molar-refractivity contribution in [1.29, 1.82) is 0 Å². The van der Waals surface area contributed by atoms with Crippen LogP contribution in [-0.2, 0) is 25.5 Å². The Kier molecular flexibility index (Phi) is 9.81. The Bertz CT molecular complexity index is 1830. The fraction of sp³-hybridized carbons (Fsp3) is 0.361. The molecule has 6 rings (SSSR count). The van der Waals surface area contributed by atoms with Gasteiger partial charge in [-0.3, -0.25) is 28.9 Å². The molecule has 3 amide bonds. The van der Waals surface area contributed by atoms with E-state index in [0.29, 0.717) is 79.8 Å². The number of aromatic nitrogens is 2. The fourth-order valence-corrected chi connectivity index (χ4v) is 6.72. The van der Waals surface area contributed by atoms with Gasteiger partial charge in [0.05, 0.1) is 22.5 Å². The molecule has 4 heterocycles. The van der Waals surface area contributed by atoms with Crippen molar-refractivity contribution in [3.05, 3.63) is 77.5 Å². The van der Waals surface area contributed by atoms with E-state index in [9.17, 15) is 29.1 Å². The highest BCUT2D eigenvalue weighted by atomic mass is 16.5. The van der Waals surface area contributed by atoms with Crippen molar-refractivity contribution < 1.29 is 33.8 Å². The predicted octanol–water partition coefficient (Wildman–Crippen LogP) is 3.21. The van der Waals surface area contributed by atoms with Crippen LogP contribution in [0.5, 0.6) is 5.75 Å². The number of amides is 3. The zero-order valence-electron chi connectivity index (χ0n) is 27.0. The Hall–Kier alpha value is -5.43. The van der Waals surface area contributed by atoms with Crippen molar-refractivity contribution in [3.63, 3.8) is 0 Å². The molecule has 0 saturated carbocycles. The number of nitrogens with zero attached hydrogens (tertiary/aromatic N) is 4. The van der Waals surface area contributed by atoms with Crippen LogP contribution in [0.3, 0.4) is 0 Å². The van der Waals surface area contributed by atoms with Gasteiger partial charge in [-0.25, -0.2) is 0 Å². The van der Waals surface area contributed by atoms with Gasteiger partial charge in [0.25, 0.3) is 11.8 Å². The van der Waals surface area contributed by atoms with Gasteiger partial charge in [-0.2, -0.15) is 0 Å². The minimum atomic E-state index is -0.929. The van der Waals surface area contributed by atoms with Crippen LogP contribution in [-0.4, -0.2) is 81.8 Å². The van der Waals surface area contributed by atoms with Gasteiger partial charge < -0.3 is 25.8 Å². The van der Waals surface area contributed by atoms with E-state index in [1.807, 2.05) is 12.1 Å². The molecule has 4 N–H and O–H groups in total. The summed E-state index contributed by atoms with van der Waals surface area (Å²) >= 11 is 0. The highest BCUT2D eigenvalue weighted by Gasteiger charge is 2.45. The van der Waals surface area contributed by atoms with Gasteiger partial charge in [-0.05, 0) is 61.9 Å². The molecule has 13 nitrogen and oxygen atoms in total. The molecular formula is C36H38N6O7. The number of allylic oxidation sites excluding steroid dienone is 1. The molecule has 0 aliphatic carbocycles. The third-order valence-electron chi connectivity index (χ3n) is 9.30. The van der Waals surface area contributed by atoms with Gasteiger partial charge in [-0.1, -0.05) is 30.8 Å². The average Bonchev–Trinajstić information content (AvgIpc) is 3.34. The summed E-state index contributed by atoms with van der Waals surface area (Å²) < 4.78 is 5.58. The molecule has 2 saturated heterocycles. The van der Waals surface area contributed by atoms with Crippen LogP contribution in [0, 0.1) is 5.92 Å². The predicted molar refractivity (Wildman–Crippen MR) is 179 cm³/mol. The first-order valence-electron chi connectivity index (χ1n) is 16.4. The number of hydrogen-bond donors (Lipinski definition) is 3. The molecule has 3 aromatic rings. The average molecular weight is 667 g/mol. The van der Waals surface area contributed by atoms with E-state index in [4.69, 9.17) is 10.5 Å². The SMILES string of the molecule is C=C1CCC(N2C(=O)c3cccc(CC(=O)COCCCC(=O)C4CCN(c5cc(-c6ccccc6O)nnc5N)CC4)c3C2=O)C(=O)N1. The Balaban J connectivity index is 0.942. The summed E-state index contributed by atoms with van der Waals surface area (Å²) in [6, 6.07) is 12.5. The second-order valence-corrected chi connectivity index (χ2v) is 12.6. The maximum atomic E-state index is 13.3. The zero-order chi connectivity index (χ0) is 34.7. The van der Waals surface area contributed by atoms with Crippen molar-refractivity contribution >= 4 is 40.8 Å². The van der Waals surface area contributed by atoms with E-state index in [2.05, 4.69) is 27.0 Å². The van der Waals surface area contributed by atoms with Crippen molar-refractivity contribution in [3.8, 4) is 17.0 Å². The quantitative estimate of drug-likeness (QED) is 0.190. The first kappa shape index (κ1) is 33.5. The number of nitrogens with one attached hydrogen (secondary N) is 1. The monoisotopic (exact) mass is 666 g/mol. The highest BCUT2D eigenvalue weighted by Crippen LogP contribution is 2.34. The van der Waals surface area contributed by atoms with Crippen molar-refractivity contribution in [2.45, 2.75) is 51.0 Å². The maximum absolute atomic E-state index is 13.3. The standard InChI is InChI=1S/C36H38N6O7/c1-21-11-12-28(34(46)38-21)42-35(47)26-8-4-6-23(32(26)36(42)48)18-24(43)20-49-17-5-10-30(44)22-13-15-41(16-14-22)29-19-27(39-40-33(29)37)25-7-2-3-9-31(25)45/h2-4,6-9,19,22,28,45H,1,5,10-18,20H2,(H2,37,40)(H,38,46). The lowest BCUT2D eigenvalue weighted by Crippen LogP contribution is -2.51. The van der Waals surface area contributed by atoms with E-state index in [0.717, 1.165) is 4.90 Å². The number of carbonyl (C=O) groups is 5. The summed E-state index contributed by atoms with van der Waals surface area (Å²) in [5.74, 6) is -1.41. The van der Waals surface area contributed by atoms with E-state index >= 15 is 0 Å². The van der Waals surface area contributed by atoms with Crippen LogP contribution in [0.1, 0.15) is 64.8 Å². The molecule has 49 heavy (non-hydrogen) atoms. The molecule has 3 aliphatic rings. The summed E-state index contributed by atoms with van der Waals surface area (Å²) in [4.78, 5) is 67.7.